The molecule has 0 saturated heterocycles. The number of fused-ring (bicyclic) bond motifs is 1. The highest BCUT2D eigenvalue weighted by Gasteiger charge is 2.43. The maximum Gasteiger partial charge on any atom is 0.271 e. The number of rotatable bonds is 0. The summed E-state index contributed by atoms with van der Waals surface area (Å²) in [5.41, 5.74) is -4.44. The van der Waals surface area contributed by atoms with E-state index >= 15 is 0 Å². The van der Waals surface area contributed by atoms with E-state index in [2.05, 4.69) is 20.6 Å². The molecule has 0 unspecified atom stereocenters. The van der Waals surface area contributed by atoms with Gasteiger partial charge in [0.15, 0.2) is 0 Å². The van der Waals surface area contributed by atoms with Gasteiger partial charge in [-0.05, 0) is 53.7 Å². The van der Waals surface area contributed by atoms with Crippen LogP contribution in [0, 0.1) is 5.41 Å². The smallest absolute Gasteiger partial charge is 0.271 e. The van der Waals surface area contributed by atoms with Gasteiger partial charge in [-0.25, -0.2) is 9.98 Å². The van der Waals surface area contributed by atoms with Crippen molar-refractivity contribution in [3.05, 3.63) is 32.9 Å². The monoisotopic (exact) mass is 440 g/mol. The number of benzene rings is 1. The molecule has 0 atom stereocenters. The molecule has 156 valence electrons. The van der Waals surface area contributed by atoms with Crippen LogP contribution in [0.2, 0.25) is 10.0 Å². The van der Waals surface area contributed by atoms with Gasteiger partial charge in [-0.1, -0.05) is 23.2 Å². The number of hydrogen-bond donors (Lipinski definition) is 2. The maximum atomic E-state index is 12.8. The largest absolute Gasteiger partial charge is 0.341 e. The van der Waals surface area contributed by atoms with Crippen molar-refractivity contribution in [1.82, 2.24) is 10.6 Å². The molecule has 2 rings (SSSR count). The van der Waals surface area contributed by atoms with Gasteiger partial charge in [0.05, 0.1) is 20.8 Å². The summed E-state index contributed by atoms with van der Waals surface area (Å²) in [6, 6.07) is 2.61. The Balaban J connectivity index is 2.84. The van der Waals surface area contributed by atoms with Crippen molar-refractivity contribution < 1.29 is 19.2 Å². The molecular weight excluding hydrogens is 419 g/mol. The van der Waals surface area contributed by atoms with E-state index in [1.54, 1.807) is 0 Å². The lowest BCUT2D eigenvalue weighted by atomic mass is 9.88. The fourth-order valence-electron chi connectivity index (χ4n) is 2.29. The molecule has 8 nitrogen and oxygen atoms in total. The summed E-state index contributed by atoms with van der Waals surface area (Å²) in [5, 5.41) is 5.34. The van der Waals surface area contributed by atoms with Crippen LogP contribution in [0.3, 0.4) is 0 Å². The lowest BCUT2D eigenvalue weighted by Gasteiger charge is -2.31. The number of nitrogens with zero attached hydrogens (tertiary/aromatic N) is 2. The average Bonchev–Trinajstić information content (AvgIpc) is 2.57. The first-order valence-corrected chi connectivity index (χ1v) is 9.50. The second-order valence-corrected chi connectivity index (χ2v) is 9.19. The molecule has 4 amide bonds. The number of carbonyl (C=O) groups is 4. The van der Waals surface area contributed by atoms with E-state index in [0.717, 1.165) is 0 Å². The predicted molar refractivity (Wildman–Crippen MR) is 107 cm³/mol. The molecule has 0 aromatic heterocycles. The average molecular weight is 441 g/mol. The van der Waals surface area contributed by atoms with E-state index in [-0.39, 0.29) is 20.8 Å². The first kappa shape index (κ1) is 23.0. The first-order chi connectivity index (χ1) is 13.1. The highest BCUT2D eigenvalue weighted by atomic mass is 35.5. The van der Waals surface area contributed by atoms with Gasteiger partial charge in [0.1, 0.15) is 16.5 Å². The predicted octanol–water partition coefficient (Wildman–Crippen LogP) is 1.12. The molecule has 0 bridgehead atoms. The van der Waals surface area contributed by atoms with Gasteiger partial charge >= 0.3 is 0 Å². The van der Waals surface area contributed by atoms with E-state index in [9.17, 15) is 19.2 Å². The lowest BCUT2D eigenvalue weighted by molar-refractivity contribution is -0.146. The standard InChI is InChI=1S/C19H22Cl2N4O4/c1-17(2)13(26)24-18(3,4)15(28)22-11-7-9(20)10(21)8-12(11)23-16(29)19(5,6)25-14(17)27/h7-8H,1-6H3,(H,24,26)(H,25,27). The highest BCUT2D eigenvalue weighted by Crippen LogP contribution is 2.21. The molecule has 2 N–H and O–H groups in total. The van der Waals surface area contributed by atoms with Gasteiger partial charge in [0.25, 0.3) is 11.8 Å². The maximum absolute atomic E-state index is 12.8. The van der Waals surface area contributed by atoms with Gasteiger partial charge in [0.2, 0.25) is 11.8 Å². The topological polar surface area (TPSA) is 117 Å². The molecule has 1 heterocycles. The van der Waals surface area contributed by atoms with E-state index < -0.39 is 40.1 Å². The Labute approximate surface area is 177 Å². The van der Waals surface area contributed by atoms with E-state index in [4.69, 9.17) is 23.2 Å². The minimum atomic E-state index is -1.57. The second kappa shape index (κ2) is 7.50. The molecule has 1 aromatic carbocycles. The fraction of sp³-hybridized carbons (Fsp3) is 0.474. The van der Waals surface area contributed by atoms with Crippen molar-refractivity contribution in [2.24, 2.45) is 15.4 Å². The van der Waals surface area contributed by atoms with Gasteiger partial charge in [-0.15, -0.1) is 0 Å². The van der Waals surface area contributed by atoms with Crippen LogP contribution in [0.5, 0.6) is 0 Å². The van der Waals surface area contributed by atoms with Crippen molar-refractivity contribution in [3.63, 3.8) is 0 Å². The van der Waals surface area contributed by atoms with Gasteiger partial charge in [0, 0.05) is 0 Å². The molecule has 0 aliphatic carbocycles. The molecule has 29 heavy (non-hydrogen) atoms. The highest BCUT2D eigenvalue weighted by molar-refractivity contribution is 6.41. The molecule has 0 spiro atoms. The third kappa shape index (κ3) is 4.64. The quantitative estimate of drug-likeness (QED) is 0.587. The Hall–Kier alpha value is -2.32. The molecular formula is C19H22Cl2N4O4. The molecule has 1 aromatic rings. The Morgan fingerprint density at radius 1 is 0.690 bits per heavy atom. The second-order valence-electron chi connectivity index (χ2n) is 8.37. The number of amides is 4. The lowest BCUT2D eigenvalue weighted by Crippen LogP contribution is -2.59. The third-order valence-corrected chi connectivity index (χ3v) is 5.24. The van der Waals surface area contributed by atoms with E-state index in [1.807, 2.05) is 0 Å². The normalized spacial score (nSPS) is 21.2. The van der Waals surface area contributed by atoms with Crippen LogP contribution in [-0.2, 0) is 19.2 Å². The van der Waals surface area contributed by atoms with Crippen LogP contribution >= 0.6 is 23.2 Å². The Bertz CT molecular complexity index is 964. The number of nitrogens with one attached hydrogen (secondary N) is 2. The summed E-state index contributed by atoms with van der Waals surface area (Å²) >= 11 is 12.1. The molecule has 10 heteroatoms. The molecule has 0 fully saturated rings. The summed E-state index contributed by atoms with van der Waals surface area (Å²) in [4.78, 5) is 59.0. The third-order valence-electron chi connectivity index (χ3n) is 4.52. The Morgan fingerprint density at radius 2 is 1.00 bits per heavy atom. The van der Waals surface area contributed by atoms with Crippen molar-refractivity contribution in [2.75, 3.05) is 0 Å². The van der Waals surface area contributed by atoms with Crippen molar-refractivity contribution in [1.29, 1.82) is 0 Å². The van der Waals surface area contributed by atoms with Crippen LogP contribution in [-0.4, -0.2) is 34.7 Å². The first-order valence-electron chi connectivity index (χ1n) is 8.74. The van der Waals surface area contributed by atoms with E-state index in [1.165, 1.54) is 53.7 Å². The zero-order chi connectivity index (χ0) is 22.4. The van der Waals surface area contributed by atoms with Crippen LogP contribution < -0.4 is 21.3 Å². The van der Waals surface area contributed by atoms with Crippen LogP contribution in [0.1, 0.15) is 41.5 Å². The zero-order valence-electron chi connectivity index (χ0n) is 16.9. The molecule has 1 aliphatic heterocycles. The Kier molecular flexibility index (Phi) is 5.94. The molecule has 0 saturated carbocycles. The van der Waals surface area contributed by atoms with Crippen molar-refractivity contribution >= 4 is 46.8 Å². The van der Waals surface area contributed by atoms with Gasteiger partial charge in [-0.3, -0.25) is 19.2 Å². The summed E-state index contributed by atoms with van der Waals surface area (Å²) in [5.74, 6) is -2.83. The summed E-state index contributed by atoms with van der Waals surface area (Å²) in [6.07, 6.45) is 0. The molecule has 1 aliphatic rings. The summed E-state index contributed by atoms with van der Waals surface area (Å²) in [6.45, 7) is 8.59. The SMILES string of the molecule is CC1(C)NC(=O)C(C)(C)C(=O)NC(C)(C)C(=O)N=c2cc(Cl)c(Cl)cc2=NC1=O. The van der Waals surface area contributed by atoms with Crippen LogP contribution in [0.4, 0.5) is 0 Å². The fourth-order valence-corrected chi connectivity index (χ4v) is 2.61. The summed E-state index contributed by atoms with van der Waals surface area (Å²) < 4.78 is 0. The van der Waals surface area contributed by atoms with Gasteiger partial charge in [-0.2, -0.15) is 0 Å². The van der Waals surface area contributed by atoms with Gasteiger partial charge < -0.3 is 10.6 Å². The Morgan fingerprint density at radius 3 is 1.31 bits per heavy atom. The van der Waals surface area contributed by atoms with Crippen molar-refractivity contribution in [3.8, 4) is 0 Å². The van der Waals surface area contributed by atoms with Crippen molar-refractivity contribution in [2.45, 2.75) is 52.6 Å². The minimum Gasteiger partial charge on any atom is -0.341 e. The molecule has 0 radical (unpaired) electrons. The minimum absolute atomic E-state index is 0.0145. The number of hydrogen-bond acceptors (Lipinski definition) is 4. The number of halogens is 2. The zero-order valence-corrected chi connectivity index (χ0v) is 18.4. The van der Waals surface area contributed by atoms with Crippen LogP contribution in [0.15, 0.2) is 22.1 Å². The van der Waals surface area contributed by atoms with E-state index in [0.29, 0.717) is 0 Å². The summed E-state index contributed by atoms with van der Waals surface area (Å²) in [7, 11) is 0. The van der Waals surface area contributed by atoms with Crippen LogP contribution in [0.25, 0.3) is 0 Å². The number of carbonyl (C=O) groups excluding carboxylic acids is 4.